The topological polar surface area (TPSA) is 59.2 Å². The van der Waals surface area contributed by atoms with Crippen molar-refractivity contribution in [3.05, 3.63) is 47.4 Å². The molecular formula is C15H19FN2O2. The van der Waals surface area contributed by atoms with Crippen molar-refractivity contribution in [3.8, 4) is 0 Å². The molecule has 2 atom stereocenters. The van der Waals surface area contributed by atoms with Gasteiger partial charge < -0.3 is 9.63 Å². The van der Waals surface area contributed by atoms with Crippen molar-refractivity contribution < 1.29 is 14.0 Å². The average molecular weight is 278 g/mol. The molecule has 2 unspecified atom stereocenters. The highest BCUT2D eigenvalue weighted by Crippen LogP contribution is 2.26. The van der Waals surface area contributed by atoms with Gasteiger partial charge in [0.05, 0.1) is 12.0 Å². The van der Waals surface area contributed by atoms with Gasteiger partial charge in [-0.25, -0.2) is 4.39 Å². The number of nitrogens with zero attached hydrogens (tertiary/aromatic N) is 2. The van der Waals surface area contributed by atoms with E-state index in [9.17, 15) is 9.50 Å². The second-order valence-electron chi connectivity index (χ2n) is 5.36. The molecule has 0 radical (unpaired) electrons. The molecule has 2 rings (SSSR count). The summed E-state index contributed by atoms with van der Waals surface area (Å²) in [6.07, 6.45) is -0.0665. The molecule has 0 fully saturated rings. The molecule has 20 heavy (non-hydrogen) atoms. The molecule has 4 nitrogen and oxygen atoms in total. The molecular weight excluding hydrogens is 259 g/mol. The lowest BCUT2D eigenvalue weighted by atomic mass is 9.91. The van der Waals surface area contributed by atoms with Gasteiger partial charge in [-0.3, -0.25) is 0 Å². The van der Waals surface area contributed by atoms with Gasteiger partial charge in [-0.2, -0.15) is 4.98 Å². The molecule has 0 aliphatic heterocycles. The maximum Gasteiger partial charge on any atom is 0.232 e. The van der Waals surface area contributed by atoms with Crippen LogP contribution in [0.15, 0.2) is 28.8 Å². The summed E-state index contributed by atoms with van der Waals surface area (Å²) in [4.78, 5) is 4.34. The molecule has 0 amide bonds. The van der Waals surface area contributed by atoms with Crippen LogP contribution in [-0.2, 0) is 6.42 Å². The number of aliphatic hydroxyl groups is 1. The summed E-state index contributed by atoms with van der Waals surface area (Å²) in [5.74, 6) is 0.750. The van der Waals surface area contributed by atoms with E-state index in [2.05, 4.69) is 10.1 Å². The fourth-order valence-electron chi connectivity index (χ4n) is 2.31. The highest BCUT2D eigenvalue weighted by molar-refractivity contribution is 5.19. The number of hydrogen-bond acceptors (Lipinski definition) is 4. The lowest BCUT2D eigenvalue weighted by Gasteiger charge is -2.19. The Morgan fingerprint density at radius 2 is 1.85 bits per heavy atom. The highest BCUT2D eigenvalue weighted by atomic mass is 19.1. The average Bonchev–Trinajstić information content (AvgIpc) is 2.79. The molecule has 1 heterocycles. The van der Waals surface area contributed by atoms with Crippen LogP contribution in [0.1, 0.15) is 44.0 Å². The minimum atomic E-state index is -0.547. The summed E-state index contributed by atoms with van der Waals surface area (Å²) in [5, 5.41) is 13.7. The lowest BCUT2D eigenvalue weighted by molar-refractivity contribution is 0.120. The predicted octanol–water partition coefficient (Wildman–Crippen LogP) is 2.92. The van der Waals surface area contributed by atoms with Crippen LogP contribution in [0.4, 0.5) is 4.39 Å². The van der Waals surface area contributed by atoms with Crippen LogP contribution >= 0.6 is 0 Å². The van der Waals surface area contributed by atoms with Crippen LogP contribution in [0.25, 0.3) is 0 Å². The molecule has 1 aromatic heterocycles. The summed E-state index contributed by atoms with van der Waals surface area (Å²) in [5.41, 5.74) is 0.914. The minimum Gasteiger partial charge on any atom is -0.393 e. The highest BCUT2D eigenvalue weighted by Gasteiger charge is 2.27. The first-order valence-electron chi connectivity index (χ1n) is 6.72. The molecule has 1 N–H and O–H groups in total. The summed E-state index contributed by atoms with van der Waals surface area (Å²) >= 11 is 0. The largest absolute Gasteiger partial charge is 0.393 e. The van der Waals surface area contributed by atoms with E-state index in [-0.39, 0.29) is 17.7 Å². The first-order valence-corrected chi connectivity index (χ1v) is 6.72. The smallest absolute Gasteiger partial charge is 0.232 e. The Morgan fingerprint density at radius 3 is 2.40 bits per heavy atom. The Kier molecular flexibility index (Phi) is 4.49. The monoisotopic (exact) mass is 278 g/mol. The van der Waals surface area contributed by atoms with E-state index in [4.69, 9.17) is 4.52 Å². The summed E-state index contributed by atoms with van der Waals surface area (Å²) in [7, 11) is 0. The molecule has 5 heteroatoms. The summed E-state index contributed by atoms with van der Waals surface area (Å²) in [6, 6.07) is 6.20. The predicted molar refractivity (Wildman–Crippen MR) is 72.8 cm³/mol. The van der Waals surface area contributed by atoms with Gasteiger partial charge in [-0.05, 0) is 30.5 Å². The second kappa shape index (κ2) is 6.13. The third-order valence-corrected chi connectivity index (χ3v) is 3.28. The second-order valence-corrected chi connectivity index (χ2v) is 5.36. The lowest BCUT2D eigenvalue weighted by Crippen LogP contribution is -2.20. The first kappa shape index (κ1) is 14.7. The van der Waals surface area contributed by atoms with Crippen molar-refractivity contribution in [2.24, 2.45) is 5.92 Å². The molecule has 2 aromatic rings. The van der Waals surface area contributed by atoms with E-state index >= 15 is 0 Å². The van der Waals surface area contributed by atoms with Crippen molar-refractivity contribution in [2.45, 2.75) is 39.2 Å². The van der Waals surface area contributed by atoms with Crippen LogP contribution in [0, 0.1) is 11.7 Å². The zero-order valence-electron chi connectivity index (χ0n) is 11.9. The molecule has 0 saturated carbocycles. The van der Waals surface area contributed by atoms with E-state index in [0.717, 1.165) is 5.56 Å². The zero-order valence-corrected chi connectivity index (χ0v) is 11.9. The number of halogens is 1. The van der Waals surface area contributed by atoms with Gasteiger partial charge in [-0.1, -0.05) is 31.1 Å². The van der Waals surface area contributed by atoms with Crippen molar-refractivity contribution in [2.75, 3.05) is 0 Å². The van der Waals surface area contributed by atoms with Crippen LogP contribution in [0.2, 0.25) is 0 Å². The Labute approximate surface area is 117 Å². The molecule has 0 aliphatic carbocycles. The summed E-state index contributed by atoms with van der Waals surface area (Å²) in [6.45, 7) is 5.72. The Morgan fingerprint density at radius 1 is 1.20 bits per heavy atom. The Bertz CT molecular complexity index is 541. The first-order chi connectivity index (χ1) is 9.47. The van der Waals surface area contributed by atoms with E-state index in [1.165, 1.54) is 12.1 Å². The molecule has 1 aromatic carbocycles. The fourth-order valence-corrected chi connectivity index (χ4v) is 2.31. The number of aromatic nitrogens is 2. The number of aliphatic hydroxyl groups excluding tert-OH is 1. The maximum atomic E-state index is 12.8. The van der Waals surface area contributed by atoms with Gasteiger partial charge >= 0.3 is 0 Å². The molecule has 0 spiro atoms. The third-order valence-electron chi connectivity index (χ3n) is 3.28. The van der Waals surface area contributed by atoms with Gasteiger partial charge in [0.2, 0.25) is 5.89 Å². The van der Waals surface area contributed by atoms with Gasteiger partial charge in [0.1, 0.15) is 5.82 Å². The Balaban J connectivity index is 2.14. The molecule has 0 aliphatic rings. The van der Waals surface area contributed by atoms with Crippen LogP contribution < -0.4 is 0 Å². The molecule has 108 valence electrons. The van der Waals surface area contributed by atoms with Gasteiger partial charge in [0.15, 0.2) is 5.82 Å². The quantitative estimate of drug-likeness (QED) is 0.913. The number of benzene rings is 1. The van der Waals surface area contributed by atoms with Gasteiger partial charge in [0, 0.05) is 6.42 Å². The van der Waals surface area contributed by atoms with E-state index < -0.39 is 6.10 Å². The van der Waals surface area contributed by atoms with Crippen molar-refractivity contribution >= 4 is 0 Å². The van der Waals surface area contributed by atoms with Crippen molar-refractivity contribution in [3.63, 3.8) is 0 Å². The molecule has 0 saturated heterocycles. The minimum absolute atomic E-state index is 0.176. The Hall–Kier alpha value is -1.75. The number of rotatable bonds is 5. The fraction of sp³-hybridized carbons (Fsp3) is 0.467. The van der Waals surface area contributed by atoms with Crippen LogP contribution in [0.5, 0.6) is 0 Å². The van der Waals surface area contributed by atoms with Gasteiger partial charge in [-0.15, -0.1) is 0 Å². The third kappa shape index (κ3) is 3.42. The van der Waals surface area contributed by atoms with Gasteiger partial charge in [0.25, 0.3) is 0 Å². The van der Waals surface area contributed by atoms with Crippen molar-refractivity contribution in [1.82, 2.24) is 10.1 Å². The van der Waals surface area contributed by atoms with Crippen LogP contribution in [0.3, 0.4) is 0 Å². The van der Waals surface area contributed by atoms with E-state index in [0.29, 0.717) is 18.1 Å². The van der Waals surface area contributed by atoms with Crippen molar-refractivity contribution in [1.29, 1.82) is 0 Å². The number of hydrogen-bond donors (Lipinski definition) is 1. The standard InChI is InChI=1S/C15H19FN2O2/c1-9(2)14(10(3)19)15-17-13(18-20-15)8-11-4-6-12(16)7-5-11/h4-7,9-10,14,19H,8H2,1-3H3. The van der Waals surface area contributed by atoms with E-state index in [1.54, 1.807) is 19.1 Å². The normalized spacial score (nSPS) is 14.5. The van der Waals surface area contributed by atoms with Crippen LogP contribution in [-0.4, -0.2) is 21.4 Å². The summed E-state index contributed by atoms with van der Waals surface area (Å²) < 4.78 is 18.1. The maximum absolute atomic E-state index is 12.8. The molecule has 0 bridgehead atoms. The zero-order chi connectivity index (χ0) is 14.7. The van der Waals surface area contributed by atoms with E-state index in [1.807, 2.05) is 13.8 Å². The SMILES string of the molecule is CC(C)C(c1nc(Cc2ccc(F)cc2)no1)C(C)O.